The van der Waals surface area contributed by atoms with Crippen LogP contribution in [0.15, 0.2) is 108 Å². The van der Waals surface area contributed by atoms with Gasteiger partial charge in [0.25, 0.3) is 10.0 Å². The van der Waals surface area contributed by atoms with Crippen LogP contribution in [0.25, 0.3) is 0 Å². The molecule has 0 saturated heterocycles. The van der Waals surface area contributed by atoms with Crippen molar-refractivity contribution in [2.45, 2.75) is 50.2 Å². The molecule has 2 atom stereocenters. The smallest absolute Gasteiger partial charge is 0.264 e. The molecule has 0 aliphatic rings. The maximum absolute atomic E-state index is 15.0. The van der Waals surface area contributed by atoms with E-state index in [4.69, 9.17) is 23.2 Å². The molecule has 0 aliphatic heterocycles. The first-order chi connectivity index (χ1) is 21.5. The summed E-state index contributed by atoms with van der Waals surface area (Å²) in [5, 5.41) is 3.23. The molecule has 45 heavy (non-hydrogen) atoms. The Bertz CT molecular complexity index is 1730. The summed E-state index contributed by atoms with van der Waals surface area (Å²) >= 11 is 12.6. The van der Waals surface area contributed by atoms with Crippen LogP contribution in [-0.2, 0) is 32.6 Å². The number of sulfonamides is 1. The van der Waals surface area contributed by atoms with Crippen LogP contribution in [0.4, 0.5) is 10.1 Å². The fraction of sp³-hybridized carbons (Fsp3) is 0.235. The van der Waals surface area contributed by atoms with Gasteiger partial charge in [-0.1, -0.05) is 96.9 Å². The predicted octanol–water partition coefficient (Wildman–Crippen LogP) is 6.88. The number of rotatable bonds is 13. The fourth-order valence-electron chi connectivity index (χ4n) is 4.72. The van der Waals surface area contributed by atoms with Gasteiger partial charge < -0.3 is 10.2 Å². The standard InChI is InChI=1S/C34H34Cl2FN3O4S/c1-3-24(2)38-34(42)32(20-25-12-6-4-7-13-25)39(22-26-14-10-11-17-30(26)37)33(41)23-40(31-19-18-27(35)21-29(31)36)45(43,44)28-15-8-5-9-16-28/h4-19,21,24,32H,3,20,22-23H2,1-2H3,(H,38,42)/t24-,32-/m1/s1. The van der Waals surface area contributed by atoms with Gasteiger partial charge in [0.05, 0.1) is 15.6 Å². The molecule has 0 bridgehead atoms. The maximum atomic E-state index is 15.0. The van der Waals surface area contributed by atoms with Gasteiger partial charge in [-0.2, -0.15) is 0 Å². The van der Waals surface area contributed by atoms with E-state index in [-0.39, 0.29) is 45.2 Å². The van der Waals surface area contributed by atoms with Gasteiger partial charge in [0.2, 0.25) is 11.8 Å². The normalized spacial score (nSPS) is 12.6. The highest BCUT2D eigenvalue weighted by Crippen LogP contribution is 2.33. The lowest BCUT2D eigenvalue weighted by molar-refractivity contribution is -0.140. The molecule has 4 aromatic rings. The van der Waals surface area contributed by atoms with Crippen molar-refractivity contribution in [3.8, 4) is 0 Å². The van der Waals surface area contributed by atoms with Gasteiger partial charge in [-0.25, -0.2) is 12.8 Å². The molecule has 11 heteroatoms. The quantitative estimate of drug-likeness (QED) is 0.168. The third kappa shape index (κ3) is 8.63. The molecule has 0 aliphatic carbocycles. The molecule has 2 amide bonds. The number of nitrogens with one attached hydrogen (secondary N) is 1. The van der Waals surface area contributed by atoms with Crippen LogP contribution in [0.2, 0.25) is 10.0 Å². The Morgan fingerprint density at radius 2 is 1.51 bits per heavy atom. The number of nitrogens with zero attached hydrogens (tertiary/aromatic N) is 2. The van der Waals surface area contributed by atoms with E-state index in [0.717, 1.165) is 9.87 Å². The summed E-state index contributed by atoms with van der Waals surface area (Å²) < 4.78 is 44.0. The zero-order valence-electron chi connectivity index (χ0n) is 24.9. The molecule has 236 valence electrons. The van der Waals surface area contributed by atoms with Crippen LogP contribution >= 0.6 is 23.2 Å². The summed E-state index contributed by atoms with van der Waals surface area (Å²) in [6.07, 6.45) is 0.750. The van der Waals surface area contributed by atoms with Crippen molar-refractivity contribution >= 4 is 50.7 Å². The summed E-state index contributed by atoms with van der Waals surface area (Å²) in [5.74, 6) is -1.74. The molecular formula is C34H34Cl2FN3O4S. The molecule has 0 aromatic heterocycles. The molecule has 4 aromatic carbocycles. The van der Waals surface area contributed by atoms with Crippen LogP contribution < -0.4 is 9.62 Å². The summed E-state index contributed by atoms with van der Waals surface area (Å²) in [4.78, 5) is 29.4. The number of benzene rings is 4. The second-order valence-electron chi connectivity index (χ2n) is 10.6. The summed E-state index contributed by atoms with van der Waals surface area (Å²) in [6.45, 7) is 2.75. The topological polar surface area (TPSA) is 86.8 Å². The van der Waals surface area contributed by atoms with Gasteiger partial charge >= 0.3 is 0 Å². The van der Waals surface area contributed by atoms with Gasteiger partial charge in [-0.05, 0) is 55.3 Å². The van der Waals surface area contributed by atoms with Crippen LogP contribution in [-0.4, -0.2) is 43.8 Å². The van der Waals surface area contributed by atoms with E-state index >= 15 is 4.39 Å². The van der Waals surface area contributed by atoms with E-state index in [1.165, 1.54) is 53.4 Å². The van der Waals surface area contributed by atoms with Crippen LogP contribution in [0.3, 0.4) is 0 Å². The van der Waals surface area contributed by atoms with Crippen LogP contribution in [0, 0.1) is 5.82 Å². The zero-order valence-corrected chi connectivity index (χ0v) is 27.2. The SMILES string of the molecule is CC[C@@H](C)NC(=O)[C@@H](Cc1ccccc1)N(Cc1ccccc1F)C(=O)CN(c1ccc(Cl)cc1Cl)S(=O)(=O)c1ccccc1. The molecule has 4 rings (SSSR count). The van der Waals surface area contributed by atoms with Gasteiger partial charge in [-0.15, -0.1) is 0 Å². The first-order valence-corrected chi connectivity index (χ1v) is 16.6. The van der Waals surface area contributed by atoms with Gasteiger partial charge in [0, 0.05) is 29.6 Å². The minimum atomic E-state index is -4.34. The van der Waals surface area contributed by atoms with Crippen LogP contribution in [0.1, 0.15) is 31.4 Å². The van der Waals surface area contributed by atoms with Gasteiger partial charge in [-0.3, -0.25) is 13.9 Å². The first-order valence-electron chi connectivity index (χ1n) is 14.4. The van der Waals surface area contributed by atoms with E-state index < -0.39 is 40.2 Å². The Morgan fingerprint density at radius 1 is 0.889 bits per heavy atom. The van der Waals surface area contributed by atoms with Gasteiger partial charge in [0.1, 0.15) is 18.4 Å². The van der Waals surface area contributed by atoms with E-state index in [1.54, 1.807) is 24.3 Å². The summed E-state index contributed by atoms with van der Waals surface area (Å²) in [6, 6.07) is 25.7. The Kier molecular flexibility index (Phi) is 11.6. The van der Waals surface area contributed by atoms with Crippen molar-refractivity contribution < 1.29 is 22.4 Å². The average Bonchev–Trinajstić information content (AvgIpc) is 3.03. The molecule has 0 radical (unpaired) electrons. The largest absolute Gasteiger partial charge is 0.352 e. The fourth-order valence-corrected chi connectivity index (χ4v) is 6.74. The summed E-state index contributed by atoms with van der Waals surface area (Å²) in [5.41, 5.74) is 0.956. The third-order valence-corrected chi connectivity index (χ3v) is 9.67. The molecule has 7 nitrogen and oxygen atoms in total. The minimum Gasteiger partial charge on any atom is -0.352 e. The highest BCUT2D eigenvalue weighted by molar-refractivity contribution is 7.92. The lowest BCUT2D eigenvalue weighted by Gasteiger charge is -2.34. The Balaban J connectivity index is 1.83. The molecule has 0 saturated carbocycles. The number of halogens is 3. The molecular weight excluding hydrogens is 636 g/mol. The predicted molar refractivity (Wildman–Crippen MR) is 176 cm³/mol. The number of hydrogen-bond donors (Lipinski definition) is 1. The molecule has 1 N–H and O–H groups in total. The second kappa shape index (κ2) is 15.4. The van der Waals surface area contributed by atoms with E-state index in [0.29, 0.717) is 6.42 Å². The monoisotopic (exact) mass is 669 g/mol. The summed E-state index contributed by atoms with van der Waals surface area (Å²) in [7, 11) is -4.34. The van der Waals surface area contributed by atoms with Crippen molar-refractivity contribution in [1.82, 2.24) is 10.2 Å². The van der Waals surface area contributed by atoms with Gasteiger partial charge in [0.15, 0.2) is 0 Å². The zero-order chi connectivity index (χ0) is 32.6. The van der Waals surface area contributed by atoms with Crippen molar-refractivity contribution in [2.75, 3.05) is 10.8 Å². The average molecular weight is 671 g/mol. The molecule has 0 fully saturated rings. The number of carbonyl (C=O) groups excluding carboxylic acids is 2. The highest BCUT2D eigenvalue weighted by atomic mass is 35.5. The number of amides is 2. The lowest BCUT2D eigenvalue weighted by atomic mass is 10.0. The maximum Gasteiger partial charge on any atom is 0.264 e. The molecule has 0 spiro atoms. The van der Waals surface area contributed by atoms with Crippen molar-refractivity contribution in [3.63, 3.8) is 0 Å². The minimum absolute atomic E-state index is 0.00538. The molecule has 0 heterocycles. The third-order valence-electron chi connectivity index (χ3n) is 7.36. The van der Waals surface area contributed by atoms with E-state index in [2.05, 4.69) is 5.32 Å². The van der Waals surface area contributed by atoms with E-state index in [1.807, 2.05) is 44.2 Å². The Hall–Kier alpha value is -3.92. The second-order valence-corrected chi connectivity index (χ2v) is 13.3. The lowest BCUT2D eigenvalue weighted by Crippen LogP contribution is -2.54. The number of hydrogen-bond acceptors (Lipinski definition) is 4. The van der Waals surface area contributed by atoms with E-state index in [9.17, 15) is 18.0 Å². The first kappa shape index (κ1) is 34.0. The van der Waals surface area contributed by atoms with Crippen LogP contribution in [0.5, 0.6) is 0 Å². The Labute approximate surface area is 273 Å². The number of anilines is 1. The highest BCUT2D eigenvalue weighted by Gasteiger charge is 2.35. The van der Waals surface area contributed by atoms with Crippen molar-refractivity contribution in [3.05, 3.63) is 130 Å². The van der Waals surface area contributed by atoms with Crippen molar-refractivity contribution in [1.29, 1.82) is 0 Å². The Morgan fingerprint density at radius 3 is 2.13 bits per heavy atom. The molecule has 0 unspecified atom stereocenters. The number of carbonyl (C=O) groups is 2. The van der Waals surface area contributed by atoms with Crippen molar-refractivity contribution in [2.24, 2.45) is 0 Å².